The second-order valence-electron chi connectivity index (χ2n) is 7.62. The largest absolute Gasteiger partial charge is 0.469 e. The Balaban J connectivity index is 2.00. The lowest BCUT2D eigenvalue weighted by atomic mass is 9.89. The van der Waals surface area contributed by atoms with Gasteiger partial charge in [0.2, 0.25) is 0 Å². The molecule has 0 aromatic carbocycles. The second kappa shape index (κ2) is 9.91. The summed E-state index contributed by atoms with van der Waals surface area (Å²) in [5.74, 6) is 5.16. The van der Waals surface area contributed by atoms with Crippen molar-refractivity contribution >= 4 is 11.9 Å². The summed E-state index contributed by atoms with van der Waals surface area (Å²) in [7, 11) is 1.30. The maximum atomic E-state index is 11.7. The van der Waals surface area contributed by atoms with E-state index in [0.29, 0.717) is 12.3 Å². The lowest BCUT2D eigenvalue weighted by Crippen LogP contribution is -2.27. The van der Waals surface area contributed by atoms with Crippen molar-refractivity contribution in [3.63, 3.8) is 0 Å². The van der Waals surface area contributed by atoms with Gasteiger partial charge in [-0.2, -0.15) is 0 Å². The maximum Gasteiger partial charge on any atom is 0.305 e. The zero-order valence-electron chi connectivity index (χ0n) is 16.3. The van der Waals surface area contributed by atoms with Gasteiger partial charge in [-0.3, -0.25) is 9.59 Å². The highest BCUT2D eigenvalue weighted by molar-refractivity contribution is 5.70. The average molecular weight is 378 g/mol. The smallest absolute Gasteiger partial charge is 0.305 e. The molecule has 6 nitrogen and oxygen atoms in total. The summed E-state index contributed by atoms with van der Waals surface area (Å²) in [5.41, 5.74) is 0. The molecule has 0 radical (unpaired) electrons. The fourth-order valence-electron chi connectivity index (χ4n) is 3.41. The van der Waals surface area contributed by atoms with Crippen molar-refractivity contribution in [1.82, 2.24) is 0 Å². The highest BCUT2D eigenvalue weighted by Crippen LogP contribution is 2.38. The summed E-state index contributed by atoms with van der Waals surface area (Å²) in [5, 5.41) is 20.7. The van der Waals surface area contributed by atoms with E-state index in [0.717, 1.165) is 0 Å². The lowest BCUT2D eigenvalue weighted by Gasteiger charge is -2.22. The summed E-state index contributed by atoms with van der Waals surface area (Å²) in [4.78, 5) is 23.1. The Labute approximate surface area is 160 Å². The van der Waals surface area contributed by atoms with E-state index < -0.39 is 36.2 Å². The monoisotopic (exact) mass is 378 g/mol. The van der Waals surface area contributed by atoms with E-state index in [9.17, 15) is 19.8 Å². The van der Waals surface area contributed by atoms with Gasteiger partial charge in [-0.25, -0.2) is 0 Å². The number of methoxy groups -OCH3 is 1. The molecular weight excluding hydrogens is 348 g/mol. The number of aliphatic hydroxyl groups is 2. The molecule has 0 heterocycles. The Morgan fingerprint density at radius 2 is 2.04 bits per heavy atom. The van der Waals surface area contributed by atoms with Crippen LogP contribution in [0.25, 0.3) is 0 Å². The fraction of sp³-hybridized carbons (Fsp3) is 0.714. The van der Waals surface area contributed by atoms with Crippen LogP contribution in [0.2, 0.25) is 0 Å². The van der Waals surface area contributed by atoms with Crippen molar-refractivity contribution in [2.24, 2.45) is 23.7 Å². The molecule has 2 aliphatic carbocycles. The molecule has 150 valence electrons. The van der Waals surface area contributed by atoms with Crippen LogP contribution in [0, 0.1) is 35.5 Å². The van der Waals surface area contributed by atoms with Crippen molar-refractivity contribution in [3.05, 3.63) is 12.2 Å². The van der Waals surface area contributed by atoms with Crippen molar-refractivity contribution in [2.45, 2.75) is 64.3 Å². The molecule has 0 amide bonds. The molecular formula is C21H30O6. The second-order valence-corrected chi connectivity index (χ2v) is 7.62. The molecule has 0 saturated heterocycles. The fourth-order valence-corrected chi connectivity index (χ4v) is 3.41. The number of aliphatic hydroxyl groups excluding tert-OH is 2. The molecule has 0 aliphatic heterocycles. The molecule has 27 heavy (non-hydrogen) atoms. The molecule has 6 atom stereocenters. The van der Waals surface area contributed by atoms with Crippen LogP contribution in [0.1, 0.15) is 46.0 Å². The molecule has 2 aliphatic rings. The lowest BCUT2D eigenvalue weighted by molar-refractivity contribution is -0.152. The van der Waals surface area contributed by atoms with E-state index in [1.807, 2.05) is 6.92 Å². The van der Waals surface area contributed by atoms with E-state index >= 15 is 0 Å². The van der Waals surface area contributed by atoms with Gasteiger partial charge in [-0.05, 0) is 18.8 Å². The van der Waals surface area contributed by atoms with Crippen LogP contribution >= 0.6 is 0 Å². The van der Waals surface area contributed by atoms with Crippen LogP contribution in [-0.4, -0.2) is 47.6 Å². The van der Waals surface area contributed by atoms with Gasteiger partial charge >= 0.3 is 11.9 Å². The first kappa shape index (κ1) is 21.5. The molecule has 0 spiro atoms. The summed E-state index contributed by atoms with van der Waals surface area (Å²) in [6, 6.07) is 0. The molecule has 0 aromatic rings. The van der Waals surface area contributed by atoms with Crippen molar-refractivity contribution in [1.29, 1.82) is 0 Å². The highest BCUT2D eigenvalue weighted by Gasteiger charge is 2.44. The standard InChI is InChI=1S/C21H30O6/c1-13(5-4-6-15-7-8-15)18(23)10-9-16-17(11-21(25)26-3)20(12-19(16)24)27-14(2)22/h9-10,13,15-20,23-24H,5,7-8,11-12H2,1-3H3/b10-9+/t13-,16+,17+,18+,19+,20-/m0/s1. The number of esters is 2. The molecule has 2 saturated carbocycles. The highest BCUT2D eigenvalue weighted by atomic mass is 16.5. The molecule has 0 unspecified atom stereocenters. The van der Waals surface area contributed by atoms with Gasteiger partial charge in [-0.15, -0.1) is 5.92 Å². The van der Waals surface area contributed by atoms with Gasteiger partial charge in [0.15, 0.2) is 0 Å². The third-order valence-corrected chi connectivity index (χ3v) is 5.26. The van der Waals surface area contributed by atoms with Crippen molar-refractivity contribution in [2.75, 3.05) is 7.11 Å². The zero-order chi connectivity index (χ0) is 20.0. The number of rotatable bonds is 7. The van der Waals surface area contributed by atoms with Crippen LogP contribution in [0.5, 0.6) is 0 Å². The average Bonchev–Trinajstić information content (AvgIpc) is 3.38. The van der Waals surface area contributed by atoms with Gasteiger partial charge in [0.25, 0.3) is 0 Å². The van der Waals surface area contributed by atoms with E-state index in [2.05, 4.69) is 11.8 Å². The Morgan fingerprint density at radius 1 is 1.33 bits per heavy atom. The molecule has 2 N–H and O–H groups in total. The van der Waals surface area contributed by atoms with Crippen LogP contribution < -0.4 is 0 Å². The van der Waals surface area contributed by atoms with E-state index in [1.165, 1.54) is 26.9 Å². The van der Waals surface area contributed by atoms with Crippen molar-refractivity contribution in [3.8, 4) is 11.8 Å². The molecule has 2 rings (SSSR count). The van der Waals surface area contributed by atoms with Gasteiger partial charge in [0, 0.05) is 37.5 Å². The summed E-state index contributed by atoms with van der Waals surface area (Å²) >= 11 is 0. The minimum atomic E-state index is -0.752. The first-order valence-corrected chi connectivity index (χ1v) is 9.58. The molecule has 0 bridgehead atoms. The van der Waals surface area contributed by atoms with E-state index in [1.54, 1.807) is 12.2 Å². The number of carbonyl (C=O) groups is 2. The van der Waals surface area contributed by atoms with Gasteiger partial charge in [-0.1, -0.05) is 25.0 Å². The van der Waals surface area contributed by atoms with E-state index in [-0.39, 0.29) is 24.7 Å². The number of hydrogen-bond donors (Lipinski definition) is 2. The first-order valence-electron chi connectivity index (χ1n) is 9.58. The summed E-state index contributed by atoms with van der Waals surface area (Å²) < 4.78 is 10.0. The van der Waals surface area contributed by atoms with Gasteiger partial charge < -0.3 is 19.7 Å². The predicted molar refractivity (Wildman–Crippen MR) is 99.2 cm³/mol. The molecule has 2 fully saturated rings. The zero-order valence-corrected chi connectivity index (χ0v) is 16.3. The topological polar surface area (TPSA) is 93.1 Å². The summed E-state index contributed by atoms with van der Waals surface area (Å²) in [6.07, 6.45) is 4.64. The van der Waals surface area contributed by atoms with Gasteiger partial charge in [0.05, 0.1) is 25.7 Å². The van der Waals surface area contributed by atoms with E-state index in [4.69, 9.17) is 9.47 Å². The Hall–Kier alpha value is -1.84. The normalized spacial score (nSPS) is 29.7. The number of ether oxygens (including phenoxy) is 2. The third kappa shape index (κ3) is 6.67. The molecule has 0 aromatic heterocycles. The maximum absolute atomic E-state index is 11.7. The van der Waals surface area contributed by atoms with Gasteiger partial charge in [0.1, 0.15) is 6.10 Å². The van der Waals surface area contributed by atoms with Crippen LogP contribution in [0.3, 0.4) is 0 Å². The Bertz CT molecular complexity index is 612. The Kier molecular flexibility index (Phi) is 7.88. The third-order valence-electron chi connectivity index (χ3n) is 5.26. The first-order chi connectivity index (χ1) is 12.8. The number of carbonyl (C=O) groups excluding carboxylic acids is 2. The van der Waals surface area contributed by atoms with Crippen LogP contribution in [0.4, 0.5) is 0 Å². The van der Waals surface area contributed by atoms with Crippen LogP contribution in [-0.2, 0) is 19.1 Å². The van der Waals surface area contributed by atoms with Crippen molar-refractivity contribution < 1.29 is 29.3 Å². The molecule has 6 heteroatoms. The Morgan fingerprint density at radius 3 is 2.63 bits per heavy atom. The number of hydrogen-bond acceptors (Lipinski definition) is 6. The van der Waals surface area contributed by atoms with Crippen LogP contribution in [0.15, 0.2) is 12.2 Å². The summed E-state index contributed by atoms with van der Waals surface area (Å²) in [6.45, 7) is 3.23. The minimum absolute atomic E-state index is 0.0330. The minimum Gasteiger partial charge on any atom is -0.469 e. The quantitative estimate of drug-likeness (QED) is 0.399. The predicted octanol–water partition coefficient (Wildman–Crippen LogP) is 1.83. The SMILES string of the molecule is COC(=O)C[C@@H]1[C@@H](/C=C/[C@@H](O)[C@@H](C)CC#CC2CC2)[C@H](O)C[C@@H]1OC(C)=O.